The van der Waals surface area contributed by atoms with Crippen LogP contribution in [0, 0.1) is 5.82 Å². The molecule has 7 heteroatoms. The summed E-state index contributed by atoms with van der Waals surface area (Å²) >= 11 is 0. The first-order chi connectivity index (χ1) is 10.6. The summed E-state index contributed by atoms with van der Waals surface area (Å²) in [5, 5.41) is 4.60. The van der Waals surface area contributed by atoms with Crippen LogP contribution in [0.15, 0.2) is 42.5 Å². The number of carbonyl (C=O) groups excluding carboxylic acids is 2. The third-order valence-electron chi connectivity index (χ3n) is 2.96. The van der Waals surface area contributed by atoms with Crippen LogP contribution < -0.4 is 20.1 Å². The third kappa shape index (κ3) is 2.98. The van der Waals surface area contributed by atoms with Crippen molar-refractivity contribution in [3.05, 3.63) is 53.8 Å². The summed E-state index contributed by atoms with van der Waals surface area (Å²) in [4.78, 5) is 23.7. The molecule has 3 amide bonds. The molecule has 112 valence electrons. The number of hydrogen-bond acceptors (Lipinski definition) is 4. The lowest BCUT2D eigenvalue weighted by molar-refractivity contribution is 0.0966. The second-order valence-corrected chi connectivity index (χ2v) is 4.48. The number of benzene rings is 2. The third-order valence-corrected chi connectivity index (χ3v) is 2.96. The van der Waals surface area contributed by atoms with E-state index >= 15 is 0 Å². The van der Waals surface area contributed by atoms with E-state index in [0.717, 1.165) is 0 Å². The molecule has 0 fully saturated rings. The van der Waals surface area contributed by atoms with Crippen LogP contribution in [0.3, 0.4) is 0 Å². The summed E-state index contributed by atoms with van der Waals surface area (Å²) in [6.45, 7) is 0.103. The molecule has 0 bridgehead atoms. The minimum absolute atomic E-state index is 0.103. The van der Waals surface area contributed by atoms with Crippen molar-refractivity contribution in [3.63, 3.8) is 0 Å². The minimum Gasteiger partial charge on any atom is -0.454 e. The van der Waals surface area contributed by atoms with Gasteiger partial charge in [0.25, 0.3) is 5.91 Å². The highest BCUT2D eigenvalue weighted by Crippen LogP contribution is 2.32. The number of anilines is 1. The van der Waals surface area contributed by atoms with Crippen LogP contribution in [-0.4, -0.2) is 18.7 Å². The zero-order chi connectivity index (χ0) is 15.5. The van der Waals surface area contributed by atoms with E-state index in [9.17, 15) is 14.0 Å². The lowest BCUT2D eigenvalue weighted by Gasteiger charge is -2.07. The molecule has 0 spiro atoms. The zero-order valence-electron chi connectivity index (χ0n) is 11.3. The van der Waals surface area contributed by atoms with E-state index in [0.29, 0.717) is 17.2 Å². The van der Waals surface area contributed by atoms with Gasteiger partial charge in [-0.25, -0.2) is 9.18 Å². The number of fused-ring (bicyclic) bond motifs is 1. The number of urea groups is 1. The number of carbonyl (C=O) groups is 2. The Morgan fingerprint density at radius 2 is 1.73 bits per heavy atom. The fraction of sp³-hybridized carbons (Fsp3) is 0.0667. The first kappa shape index (κ1) is 13.9. The van der Waals surface area contributed by atoms with Gasteiger partial charge < -0.3 is 14.8 Å². The van der Waals surface area contributed by atoms with Crippen molar-refractivity contribution < 1.29 is 23.5 Å². The van der Waals surface area contributed by atoms with E-state index in [2.05, 4.69) is 10.6 Å². The molecule has 0 aliphatic carbocycles. The lowest BCUT2D eigenvalue weighted by Crippen LogP contribution is -2.34. The second-order valence-electron chi connectivity index (χ2n) is 4.48. The number of nitrogens with one attached hydrogen (secondary N) is 2. The van der Waals surface area contributed by atoms with Crippen molar-refractivity contribution in [2.24, 2.45) is 0 Å². The lowest BCUT2D eigenvalue weighted by atomic mass is 10.2. The molecule has 0 radical (unpaired) electrons. The van der Waals surface area contributed by atoms with Crippen LogP contribution in [0.4, 0.5) is 14.9 Å². The van der Waals surface area contributed by atoms with Crippen LogP contribution in [-0.2, 0) is 0 Å². The monoisotopic (exact) mass is 302 g/mol. The molecular weight excluding hydrogens is 291 g/mol. The molecule has 2 N–H and O–H groups in total. The van der Waals surface area contributed by atoms with Gasteiger partial charge in [-0.1, -0.05) is 0 Å². The fourth-order valence-corrected chi connectivity index (χ4v) is 1.91. The van der Waals surface area contributed by atoms with Crippen molar-refractivity contribution in [2.45, 2.75) is 0 Å². The summed E-state index contributed by atoms with van der Waals surface area (Å²) in [7, 11) is 0. The van der Waals surface area contributed by atoms with Crippen LogP contribution in [0.1, 0.15) is 10.4 Å². The van der Waals surface area contributed by atoms with Crippen molar-refractivity contribution in [1.29, 1.82) is 0 Å². The molecule has 1 aliphatic rings. The van der Waals surface area contributed by atoms with E-state index in [1.165, 1.54) is 36.4 Å². The van der Waals surface area contributed by atoms with Gasteiger partial charge >= 0.3 is 6.03 Å². The highest BCUT2D eigenvalue weighted by Gasteiger charge is 2.17. The Bertz CT molecular complexity index is 731. The molecule has 0 atom stereocenters. The van der Waals surface area contributed by atoms with Crippen LogP contribution in [0.5, 0.6) is 11.5 Å². The van der Waals surface area contributed by atoms with E-state index in [1.807, 2.05) is 0 Å². The first-order valence-electron chi connectivity index (χ1n) is 6.39. The SMILES string of the molecule is O=C(NC(=O)c1ccc2c(c1)OCO2)Nc1ccc(F)cc1. The standard InChI is InChI=1S/C15H11FN2O4/c16-10-2-4-11(5-3-10)17-15(20)18-14(19)9-1-6-12-13(7-9)22-8-21-12/h1-7H,8H2,(H2,17,18,19,20). The minimum atomic E-state index is -0.714. The maximum absolute atomic E-state index is 12.8. The zero-order valence-corrected chi connectivity index (χ0v) is 11.3. The molecule has 0 saturated heterocycles. The predicted octanol–water partition coefficient (Wildman–Crippen LogP) is 2.52. The average molecular weight is 302 g/mol. The summed E-state index contributed by atoms with van der Waals surface area (Å²) < 4.78 is 23.1. The van der Waals surface area contributed by atoms with Crippen molar-refractivity contribution >= 4 is 17.6 Å². The number of halogens is 1. The molecule has 1 aliphatic heterocycles. The van der Waals surface area contributed by atoms with Gasteiger partial charge in [-0.15, -0.1) is 0 Å². The highest BCUT2D eigenvalue weighted by molar-refractivity contribution is 6.08. The molecule has 0 saturated carbocycles. The summed E-state index contributed by atoms with van der Waals surface area (Å²) in [6, 6.07) is 9.07. The molecular formula is C15H11FN2O4. The normalized spacial score (nSPS) is 11.9. The van der Waals surface area contributed by atoms with E-state index in [1.54, 1.807) is 6.07 Å². The summed E-state index contributed by atoms with van der Waals surface area (Å²) in [5.74, 6) is -0.000729. The van der Waals surface area contributed by atoms with Crippen molar-refractivity contribution in [1.82, 2.24) is 5.32 Å². The van der Waals surface area contributed by atoms with Gasteiger partial charge in [0.15, 0.2) is 11.5 Å². The number of hydrogen-bond donors (Lipinski definition) is 2. The molecule has 6 nitrogen and oxygen atoms in total. The summed E-state index contributed by atoms with van der Waals surface area (Å²) in [5.41, 5.74) is 0.635. The Morgan fingerprint density at radius 3 is 2.50 bits per heavy atom. The Labute approximate surface area is 124 Å². The number of ether oxygens (including phenoxy) is 2. The van der Waals surface area contributed by atoms with E-state index in [-0.39, 0.29) is 12.4 Å². The maximum Gasteiger partial charge on any atom is 0.326 e. The molecule has 0 aromatic heterocycles. The second kappa shape index (κ2) is 5.72. The Kier molecular flexibility index (Phi) is 3.61. The maximum atomic E-state index is 12.8. The smallest absolute Gasteiger partial charge is 0.326 e. The Balaban J connectivity index is 1.63. The van der Waals surface area contributed by atoms with Gasteiger partial charge in [-0.3, -0.25) is 10.1 Å². The fourth-order valence-electron chi connectivity index (χ4n) is 1.91. The van der Waals surface area contributed by atoms with Crippen LogP contribution >= 0.6 is 0 Å². The largest absolute Gasteiger partial charge is 0.454 e. The van der Waals surface area contributed by atoms with E-state index in [4.69, 9.17) is 9.47 Å². The van der Waals surface area contributed by atoms with Gasteiger partial charge in [0.1, 0.15) is 5.82 Å². The average Bonchev–Trinajstić information content (AvgIpc) is 2.97. The van der Waals surface area contributed by atoms with Crippen LogP contribution in [0.25, 0.3) is 0 Å². The Morgan fingerprint density at radius 1 is 1.00 bits per heavy atom. The first-order valence-corrected chi connectivity index (χ1v) is 6.39. The van der Waals surface area contributed by atoms with E-state index < -0.39 is 17.8 Å². The Hall–Kier alpha value is -3.09. The number of imide groups is 1. The topological polar surface area (TPSA) is 76.7 Å². The molecule has 1 heterocycles. The molecule has 2 aromatic rings. The molecule has 22 heavy (non-hydrogen) atoms. The number of amides is 3. The van der Waals surface area contributed by atoms with Crippen molar-refractivity contribution in [3.8, 4) is 11.5 Å². The van der Waals surface area contributed by atoms with Crippen molar-refractivity contribution in [2.75, 3.05) is 12.1 Å². The van der Waals surface area contributed by atoms with Gasteiger partial charge in [0.2, 0.25) is 6.79 Å². The van der Waals surface area contributed by atoms with Gasteiger partial charge in [-0.2, -0.15) is 0 Å². The predicted molar refractivity (Wildman–Crippen MR) is 75.4 cm³/mol. The van der Waals surface area contributed by atoms with Gasteiger partial charge in [-0.05, 0) is 42.5 Å². The molecule has 2 aromatic carbocycles. The quantitative estimate of drug-likeness (QED) is 0.893. The molecule has 3 rings (SSSR count). The van der Waals surface area contributed by atoms with Gasteiger partial charge in [0, 0.05) is 11.3 Å². The highest BCUT2D eigenvalue weighted by atomic mass is 19.1. The molecule has 0 unspecified atom stereocenters. The van der Waals surface area contributed by atoms with Crippen LogP contribution in [0.2, 0.25) is 0 Å². The number of rotatable bonds is 2. The van der Waals surface area contributed by atoms with Gasteiger partial charge in [0.05, 0.1) is 0 Å². The summed E-state index contributed by atoms with van der Waals surface area (Å²) in [6.07, 6.45) is 0.